The van der Waals surface area contributed by atoms with Crippen molar-refractivity contribution in [2.24, 2.45) is 0 Å². The molecule has 1 rings (SSSR count). The predicted octanol–water partition coefficient (Wildman–Crippen LogP) is 3.56. The van der Waals surface area contributed by atoms with Gasteiger partial charge in [-0.15, -0.1) is 0 Å². The van der Waals surface area contributed by atoms with Crippen molar-refractivity contribution < 1.29 is 4.79 Å². The lowest BCUT2D eigenvalue weighted by Gasteiger charge is -2.08. The number of carbonyl (C=O) groups is 1. The third-order valence-corrected chi connectivity index (χ3v) is 3.85. The van der Waals surface area contributed by atoms with Crippen molar-refractivity contribution in [2.75, 3.05) is 11.5 Å². The Morgan fingerprint density at radius 3 is 2.44 bits per heavy atom. The number of thioether (sulfide) groups is 1. The van der Waals surface area contributed by atoms with Gasteiger partial charge in [0.1, 0.15) is 5.78 Å². The number of hydrogen-bond donors (Lipinski definition) is 0. The van der Waals surface area contributed by atoms with E-state index < -0.39 is 0 Å². The molecule has 0 aliphatic rings. The van der Waals surface area contributed by atoms with Gasteiger partial charge >= 0.3 is 0 Å². The van der Waals surface area contributed by atoms with Crippen LogP contribution < -0.4 is 0 Å². The molecule has 0 bridgehead atoms. The summed E-state index contributed by atoms with van der Waals surface area (Å²) in [4.78, 5) is 11.8. The maximum atomic E-state index is 11.8. The largest absolute Gasteiger partial charge is 0.298 e. The molecule has 0 saturated heterocycles. The van der Waals surface area contributed by atoms with Crippen LogP contribution in [0.3, 0.4) is 0 Å². The molecule has 0 saturated carbocycles. The lowest BCUT2D eigenvalue weighted by atomic mass is 9.99. The van der Waals surface area contributed by atoms with E-state index in [2.05, 4.69) is 32.9 Å². The first-order valence-electron chi connectivity index (χ1n) is 5.79. The molecular weight excluding hydrogens is 216 g/mol. The van der Waals surface area contributed by atoms with E-state index in [9.17, 15) is 4.79 Å². The molecule has 16 heavy (non-hydrogen) atoms. The lowest BCUT2D eigenvalue weighted by molar-refractivity contribution is -0.116. The molecule has 0 atom stereocenters. The Hall–Kier alpha value is -0.760. The number of Topliss-reactive ketones (excluding diaryl/α,β-unsaturated/α-hetero) is 1. The molecule has 1 aromatic rings. The molecule has 0 heterocycles. The molecule has 0 aliphatic carbocycles. The molecule has 0 aromatic heterocycles. The van der Waals surface area contributed by atoms with Crippen molar-refractivity contribution in [3.63, 3.8) is 0 Å². The summed E-state index contributed by atoms with van der Waals surface area (Å²) in [6.07, 6.45) is 1.73. The Morgan fingerprint density at radius 1 is 1.25 bits per heavy atom. The van der Waals surface area contributed by atoms with E-state index in [0.29, 0.717) is 18.0 Å². The fourth-order valence-electron chi connectivity index (χ4n) is 1.71. The van der Waals surface area contributed by atoms with Crippen LogP contribution >= 0.6 is 11.8 Å². The average Bonchev–Trinajstić information content (AvgIpc) is 2.24. The van der Waals surface area contributed by atoms with Gasteiger partial charge in [-0.2, -0.15) is 11.8 Å². The normalized spacial score (nSPS) is 10.4. The zero-order chi connectivity index (χ0) is 12.0. The standard InChI is InChI=1S/C14H20OS/c1-4-8-16-10-13(15)9-14-11(2)6-5-7-12(14)3/h5-7H,4,8-10H2,1-3H3. The molecule has 2 heteroatoms. The fourth-order valence-corrected chi connectivity index (χ4v) is 2.47. The second kappa shape index (κ2) is 6.74. The van der Waals surface area contributed by atoms with Crippen molar-refractivity contribution >= 4 is 17.5 Å². The number of ketones is 1. The van der Waals surface area contributed by atoms with Crippen molar-refractivity contribution in [2.45, 2.75) is 33.6 Å². The van der Waals surface area contributed by atoms with Gasteiger partial charge < -0.3 is 0 Å². The molecule has 88 valence electrons. The third-order valence-electron chi connectivity index (χ3n) is 2.63. The second-order valence-electron chi connectivity index (χ2n) is 4.14. The summed E-state index contributed by atoms with van der Waals surface area (Å²) in [6, 6.07) is 6.20. The van der Waals surface area contributed by atoms with E-state index in [0.717, 1.165) is 12.2 Å². The average molecular weight is 236 g/mol. The number of aryl methyl sites for hydroxylation is 2. The molecule has 1 aromatic carbocycles. The van der Waals surface area contributed by atoms with E-state index in [-0.39, 0.29) is 0 Å². The number of benzene rings is 1. The SMILES string of the molecule is CCCSCC(=O)Cc1c(C)cccc1C. The van der Waals surface area contributed by atoms with Crippen LogP contribution in [0, 0.1) is 13.8 Å². The maximum Gasteiger partial charge on any atom is 0.147 e. The molecule has 0 fully saturated rings. The van der Waals surface area contributed by atoms with Gasteiger partial charge in [-0.3, -0.25) is 4.79 Å². The summed E-state index contributed by atoms with van der Waals surface area (Å²) in [6.45, 7) is 6.30. The van der Waals surface area contributed by atoms with E-state index in [1.165, 1.54) is 16.7 Å². The Labute approximate surface area is 103 Å². The zero-order valence-corrected chi connectivity index (χ0v) is 11.2. The smallest absolute Gasteiger partial charge is 0.147 e. The first-order chi connectivity index (χ1) is 7.65. The van der Waals surface area contributed by atoms with Crippen LogP contribution in [0.15, 0.2) is 18.2 Å². The summed E-state index contributed by atoms with van der Waals surface area (Å²) >= 11 is 1.74. The zero-order valence-electron chi connectivity index (χ0n) is 10.4. The van der Waals surface area contributed by atoms with Crippen LogP contribution in [0.1, 0.15) is 30.0 Å². The number of hydrogen-bond acceptors (Lipinski definition) is 2. The Kier molecular flexibility index (Phi) is 5.61. The van der Waals surface area contributed by atoms with Gasteiger partial charge in [0, 0.05) is 6.42 Å². The highest BCUT2D eigenvalue weighted by atomic mass is 32.2. The van der Waals surface area contributed by atoms with Gasteiger partial charge in [0.25, 0.3) is 0 Å². The molecule has 0 spiro atoms. The van der Waals surface area contributed by atoms with Gasteiger partial charge in [0.15, 0.2) is 0 Å². The molecular formula is C14H20OS. The molecule has 0 unspecified atom stereocenters. The summed E-state index contributed by atoms with van der Waals surface area (Å²) in [7, 11) is 0. The number of rotatable bonds is 6. The predicted molar refractivity (Wildman–Crippen MR) is 72.2 cm³/mol. The van der Waals surface area contributed by atoms with Crippen molar-refractivity contribution in [3.8, 4) is 0 Å². The van der Waals surface area contributed by atoms with Crippen molar-refractivity contribution in [3.05, 3.63) is 34.9 Å². The minimum Gasteiger partial charge on any atom is -0.298 e. The Morgan fingerprint density at radius 2 is 1.88 bits per heavy atom. The molecule has 0 amide bonds. The molecule has 0 radical (unpaired) electrons. The molecule has 0 aliphatic heterocycles. The fraction of sp³-hybridized carbons (Fsp3) is 0.500. The van der Waals surface area contributed by atoms with Crippen molar-refractivity contribution in [1.29, 1.82) is 0 Å². The quantitative estimate of drug-likeness (QED) is 0.703. The maximum absolute atomic E-state index is 11.8. The monoisotopic (exact) mass is 236 g/mol. The highest BCUT2D eigenvalue weighted by Crippen LogP contribution is 2.15. The lowest BCUT2D eigenvalue weighted by Crippen LogP contribution is -2.08. The second-order valence-corrected chi connectivity index (χ2v) is 5.24. The van der Waals surface area contributed by atoms with Crippen LogP contribution in [-0.2, 0) is 11.2 Å². The van der Waals surface area contributed by atoms with E-state index in [1.54, 1.807) is 11.8 Å². The van der Waals surface area contributed by atoms with E-state index in [4.69, 9.17) is 0 Å². The van der Waals surface area contributed by atoms with Gasteiger partial charge in [-0.05, 0) is 42.7 Å². The molecule has 1 nitrogen and oxygen atoms in total. The van der Waals surface area contributed by atoms with Gasteiger partial charge in [0.05, 0.1) is 5.75 Å². The van der Waals surface area contributed by atoms with Crippen LogP contribution in [0.4, 0.5) is 0 Å². The van der Waals surface area contributed by atoms with Crippen LogP contribution in [0.2, 0.25) is 0 Å². The minimum absolute atomic E-state index is 0.343. The topological polar surface area (TPSA) is 17.1 Å². The summed E-state index contributed by atoms with van der Waals surface area (Å²) in [5, 5.41) is 0. The molecule has 0 N–H and O–H groups in total. The van der Waals surface area contributed by atoms with Crippen LogP contribution in [0.25, 0.3) is 0 Å². The summed E-state index contributed by atoms with van der Waals surface area (Å²) in [5.41, 5.74) is 3.67. The Bertz CT molecular complexity index is 338. The Balaban J connectivity index is 2.56. The van der Waals surface area contributed by atoms with Gasteiger partial charge in [0.2, 0.25) is 0 Å². The van der Waals surface area contributed by atoms with Crippen molar-refractivity contribution in [1.82, 2.24) is 0 Å². The third kappa shape index (κ3) is 4.01. The first kappa shape index (κ1) is 13.3. The van der Waals surface area contributed by atoms with Gasteiger partial charge in [-0.1, -0.05) is 25.1 Å². The highest BCUT2D eigenvalue weighted by molar-refractivity contribution is 7.99. The minimum atomic E-state index is 0.343. The van der Waals surface area contributed by atoms with E-state index in [1.807, 2.05) is 6.07 Å². The summed E-state index contributed by atoms with van der Waals surface area (Å²) in [5.74, 6) is 2.08. The van der Waals surface area contributed by atoms with E-state index >= 15 is 0 Å². The first-order valence-corrected chi connectivity index (χ1v) is 6.95. The number of carbonyl (C=O) groups excluding carboxylic acids is 1. The highest BCUT2D eigenvalue weighted by Gasteiger charge is 2.08. The van der Waals surface area contributed by atoms with Gasteiger partial charge in [-0.25, -0.2) is 0 Å². The summed E-state index contributed by atoms with van der Waals surface area (Å²) < 4.78 is 0. The van der Waals surface area contributed by atoms with Crippen LogP contribution in [-0.4, -0.2) is 17.3 Å². The van der Waals surface area contributed by atoms with Crippen LogP contribution in [0.5, 0.6) is 0 Å².